The van der Waals surface area contributed by atoms with Crippen molar-refractivity contribution < 1.29 is 48.3 Å². The van der Waals surface area contributed by atoms with Gasteiger partial charge in [0.15, 0.2) is 23.1 Å². The molecule has 1 spiro atoms. The molecule has 4 saturated heterocycles. The van der Waals surface area contributed by atoms with Crippen LogP contribution < -0.4 is 0 Å². The number of carbonyl (C=O) groups is 4. The van der Waals surface area contributed by atoms with E-state index in [4.69, 9.17) is 18.9 Å². The first kappa shape index (κ1) is 34.2. The molecular formula is C33H47NO10. The summed E-state index contributed by atoms with van der Waals surface area (Å²) in [5, 5.41) is 19.2. The molecule has 0 saturated carbocycles. The normalized spacial score (nSPS) is 40.6. The van der Waals surface area contributed by atoms with Gasteiger partial charge in [0, 0.05) is 18.3 Å². The number of ketones is 2. The number of rotatable bonds is 9. The van der Waals surface area contributed by atoms with Crippen molar-refractivity contribution in [1.82, 2.24) is 4.90 Å². The minimum absolute atomic E-state index is 0.0424. The summed E-state index contributed by atoms with van der Waals surface area (Å²) >= 11 is 0. The van der Waals surface area contributed by atoms with Gasteiger partial charge in [-0.05, 0) is 52.2 Å². The number of aliphatic hydroxyl groups is 1. The molecule has 44 heavy (non-hydrogen) atoms. The first-order valence-corrected chi connectivity index (χ1v) is 15.8. The van der Waals surface area contributed by atoms with Crippen molar-refractivity contribution in [1.29, 1.82) is 0 Å². The molecule has 11 nitrogen and oxygen atoms in total. The number of Topliss-reactive ketones (excluding diaryl/α,β-unsaturated/α-hetero) is 1. The Bertz CT molecular complexity index is 1220. The number of epoxide rings is 1. The molecule has 5 aliphatic heterocycles. The van der Waals surface area contributed by atoms with Gasteiger partial charge in [0.2, 0.25) is 11.7 Å². The Balaban J connectivity index is 0.00000216. The van der Waals surface area contributed by atoms with E-state index in [1.807, 2.05) is 52.8 Å². The lowest BCUT2D eigenvalue weighted by Crippen LogP contribution is -2.61. The number of ether oxygens (including phenoxy) is 4. The summed E-state index contributed by atoms with van der Waals surface area (Å²) in [6.07, 6.45) is 6.71. The standard InChI is InChI=1S/C31H41NO10.C2H6/c1-16(14-17(2)28-18(3)23-12-13-31(15-39-31)30(5,41-23)42-28)6-8-22(34)26-27(37)20(7-11-25(35)36)32(29(26)38)24-10-9-21(33)19(4)40-24;1-2/h6,8,12-14,17-21,23-24,26,28,33H,7,9-11,15H2,1-5H3,(H,35,36);1-2H3/b8-6+,16-14+;/t17-,18+,19?,20-,21?,23+,24?,26?,28?,30?,31-;/m0./s1. The molecule has 0 aromatic rings. The second-order valence-electron chi connectivity index (χ2n) is 12.5. The number of aliphatic carboxylic acids is 1. The SMILES string of the molecule is CC.CC(/C=C/C(=O)C1C(=O)[C@H](CCC(=O)O)N(C2CCC(O)C(C)O2)C1=O)=C\[C@H](C)C1OC2(C)O[C@H](C=C[C@]23CO3)[C@H]1C. The van der Waals surface area contributed by atoms with Crippen LogP contribution >= 0.6 is 0 Å². The summed E-state index contributed by atoms with van der Waals surface area (Å²) in [5.74, 6) is -5.49. The Kier molecular flexibility index (Phi) is 10.4. The van der Waals surface area contributed by atoms with Crippen LogP contribution in [0.5, 0.6) is 0 Å². The van der Waals surface area contributed by atoms with Crippen LogP contribution in [0.25, 0.3) is 0 Å². The molecule has 2 bridgehead atoms. The Labute approximate surface area is 259 Å². The number of amides is 1. The zero-order valence-electron chi connectivity index (χ0n) is 26.7. The fourth-order valence-corrected chi connectivity index (χ4v) is 6.72. The van der Waals surface area contributed by atoms with E-state index in [0.29, 0.717) is 13.0 Å². The van der Waals surface area contributed by atoms with E-state index in [0.717, 1.165) is 5.57 Å². The molecule has 2 N–H and O–H groups in total. The van der Waals surface area contributed by atoms with Crippen LogP contribution in [0.1, 0.15) is 74.1 Å². The van der Waals surface area contributed by atoms with Gasteiger partial charge in [-0.15, -0.1) is 0 Å². The molecular weight excluding hydrogens is 570 g/mol. The average molecular weight is 618 g/mol. The molecule has 244 valence electrons. The van der Waals surface area contributed by atoms with Crippen molar-refractivity contribution in [3.63, 3.8) is 0 Å². The van der Waals surface area contributed by atoms with Gasteiger partial charge >= 0.3 is 5.97 Å². The van der Waals surface area contributed by atoms with Crippen LogP contribution in [0.3, 0.4) is 0 Å². The van der Waals surface area contributed by atoms with Gasteiger partial charge in [-0.1, -0.05) is 51.5 Å². The predicted octanol–water partition coefficient (Wildman–Crippen LogP) is 3.34. The number of carboxylic acids is 1. The number of likely N-dealkylation sites (tertiary alicyclic amines) is 1. The van der Waals surface area contributed by atoms with E-state index in [-0.39, 0.29) is 43.3 Å². The zero-order valence-corrected chi connectivity index (χ0v) is 26.7. The van der Waals surface area contributed by atoms with Gasteiger partial charge < -0.3 is 34.1 Å². The zero-order chi connectivity index (χ0) is 32.6. The van der Waals surface area contributed by atoms with Gasteiger partial charge in [0.1, 0.15) is 6.23 Å². The first-order valence-electron chi connectivity index (χ1n) is 15.8. The van der Waals surface area contributed by atoms with Gasteiger partial charge in [-0.3, -0.25) is 19.2 Å². The summed E-state index contributed by atoms with van der Waals surface area (Å²) in [7, 11) is 0. The maximum absolute atomic E-state index is 13.4. The number of aliphatic hydroxyl groups excluding tert-OH is 1. The minimum Gasteiger partial charge on any atom is -0.481 e. The molecule has 5 rings (SSSR count). The van der Waals surface area contributed by atoms with Gasteiger partial charge in [-0.25, -0.2) is 0 Å². The van der Waals surface area contributed by atoms with Crippen molar-refractivity contribution in [2.75, 3.05) is 6.61 Å². The number of hydrogen-bond donors (Lipinski definition) is 2. The average Bonchev–Trinajstić information content (AvgIpc) is 3.73. The number of allylic oxidation sites excluding steroid dienone is 3. The molecule has 0 aliphatic carbocycles. The number of carbonyl (C=O) groups excluding carboxylic acids is 3. The Morgan fingerprint density at radius 1 is 1.16 bits per heavy atom. The quantitative estimate of drug-likeness (QED) is 0.130. The second kappa shape index (κ2) is 13.3. The third-order valence-corrected chi connectivity index (χ3v) is 9.39. The molecule has 5 aliphatic rings. The van der Waals surface area contributed by atoms with Crippen LogP contribution in [0.2, 0.25) is 0 Å². The van der Waals surface area contributed by atoms with E-state index in [1.165, 1.54) is 11.0 Å². The van der Waals surface area contributed by atoms with Crippen molar-refractivity contribution in [3.05, 3.63) is 36.0 Å². The lowest BCUT2D eigenvalue weighted by molar-refractivity contribution is -0.346. The number of hydrogen-bond acceptors (Lipinski definition) is 9. The van der Waals surface area contributed by atoms with Crippen molar-refractivity contribution in [2.24, 2.45) is 17.8 Å². The highest BCUT2D eigenvalue weighted by atomic mass is 16.8. The molecule has 0 aromatic carbocycles. The lowest BCUT2D eigenvalue weighted by Gasteiger charge is -2.51. The maximum Gasteiger partial charge on any atom is 0.303 e. The minimum atomic E-state index is -1.56. The number of fused-ring (bicyclic) bond motifs is 3. The van der Waals surface area contributed by atoms with Crippen LogP contribution in [0, 0.1) is 17.8 Å². The van der Waals surface area contributed by atoms with Crippen LogP contribution in [0.4, 0.5) is 0 Å². The molecule has 5 heterocycles. The van der Waals surface area contributed by atoms with E-state index in [9.17, 15) is 29.4 Å². The molecule has 6 unspecified atom stereocenters. The van der Waals surface area contributed by atoms with Crippen molar-refractivity contribution in [2.45, 2.75) is 122 Å². The fourth-order valence-electron chi connectivity index (χ4n) is 6.72. The van der Waals surface area contributed by atoms with Gasteiger partial charge in [0.05, 0.1) is 37.1 Å². The summed E-state index contributed by atoms with van der Waals surface area (Å²) in [4.78, 5) is 52.5. The summed E-state index contributed by atoms with van der Waals surface area (Å²) in [6, 6.07) is -1.08. The molecule has 11 heteroatoms. The lowest BCUT2D eigenvalue weighted by atomic mass is 9.82. The number of carboxylic acid groups (broad SMARTS) is 1. The summed E-state index contributed by atoms with van der Waals surface area (Å²) in [6.45, 7) is 14.1. The van der Waals surface area contributed by atoms with Crippen molar-refractivity contribution in [3.8, 4) is 0 Å². The predicted molar refractivity (Wildman–Crippen MR) is 159 cm³/mol. The van der Waals surface area contributed by atoms with Crippen molar-refractivity contribution >= 4 is 23.4 Å². The molecule has 0 radical (unpaired) electrons. The Morgan fingerprint density at radius 2 is 1.84 bits per heavy atom. The molecule has 1 amide bonds. The van der Waals surface area contributed by atoms with E-state index < -0.39 is 65.2 Å². The second-order valence-corrected chi connectivity index (χ2v) is 12.5. The van der Waals surface area contributed by atoms with Crippen LogP contribution in [0.15, 0.2) is 36.0 Å². The highest BCUT2D eigenvalue weighted by molar-refractivity contribution is 6.26. The molecule has 0 aromatic heterocycles. The first-order chi connectivity index (χ1) is 20.8. The monoisotopic (exact) mass is 617 g/mol. The number of nitrogens with zero attached hydrogens (tertiary/aromatic N) is 1. The fraction of sp³-hybridized carbons (Fsp3) is 0.697. The Morgan fingerprint density at radius 3 is 2.45 bits per heavy atom. The van der Waals surface area contributed by atoms with Gasteiger partial charge in [-0.2, -0.15) is 0 Å². The molecule has 11 atom stereocenters. The van der Waals surface area contributed by atoms with E-state index in [1.54, 1.807) is 13.0 Å². The third kappa shape index (κ3) is 6.48. The topological polar surface area (TPSA) is 152 Å². The van der Waals surface area contributed by atoms with E-state index in [2.05, 4.69) is 6.92 Å². The van der Waals surface area contributed by atoms with E-state index >= 15 is 0 Å². The highest BCUT2D eigenvalue weighted by Gasteiger charge is 2.66. The Hall–Kier alpha value is -2.70. The highest BCUT2D eigenvalue weighted by Crippen LogP contribution is 2.52. The third-order valence-electron chi connectivity index (χ3n) is 9.39. The molecule has 4 fully saturated rings. The van der Waals surface area contributed by atoms with Gasteiger partial charge in [0.25, 0.3) is 0 Å². The van der Waals surface area contributed by atoms with Crippen LogP contribution in [-0.2, 0) is 38.1 Å². The largest absolute Gasteiger partial charge is 0.481 e. The van der Waals surface area contributed by atoms with Crippen LogP contribution in [-0.4, -0.2) is 93.2 Å². The summed E-state index contributed by atoms with van der Waals surface area (Å²) < 4.78 is 24.2. The maximum atomic E-state index is 13.4. The smallest absolute Gasteiger partial charge is 0.303 e. The summed E-state index contributed by atoms with van der Waals surface area (Å²) in [5.41, 5.74) is 0.209.